The molecule has 1 amide bonds. The molecule has 4 nitrogen and oxygen atoms in total. The minimum Gasteiger partial charge on any atom is -0.339 e. The van der Waals surface area contributed by atoms with Crippen molar-refractivity contribution in [2.24, 2.45) is 5.41 Å². The van der Waals surface area contributed by atoms with Gasteiger partial charge in [-0.1, -0.05) is 18.2 Å². The number of nitrogens with zero attached hydrogens (tertiary/aromatic N) is 3. The molecule has 0 N–H and O–H groups in total. The molecule has 1 aromatic carbocycles. The molecule has 2 heterocycles. The maximum absolute atomic E-state index is 13.9. The Labute approximate surface area is 157 Å². The van der Waals surface area contributed by atoms with Crippen molar-refractivity contribution in [1.29, 1.82) is 5.26 Å². The number of amides is 1. The first kappa shape index (κ1) is 18.6. The summed E-state index contributed by atoms with van der Waals surface area (Å²) in [6, 6.07) is 12.9. The van der Waals surface area contributed by atoms with Crippen molar-refractivity contribution >= 4 is 17.2 Å². The lowest BCUT2D eigenvalue weighted by Gasteiger charge is -2.36. The van der Waals surface area contributed by atoms with Crippen LogP contribution in [-0.4, -0.2) is 41.9 Å². The summed E-state index contributed by atoms with van der Waals surface area (Å²) < 4.78 is 13.9. The molecular formula is C20H22FN3OS. The molecule has 3 rings (SSSR count). The number of carbonyl (C=O) groups is 1. The van der Waals surface area contributed by atoms with E-state index in [1.165, 1.54) is 10.9 Å². The molecule has 1 aliphatic rings. The molecule has 1 aliphatic heterocycles. The van der Waals surface area contributed by atoms with E-state index in [1.807, 2.05) is 18.2 Å². The van der Waals surface area contributed by atoms with Crippen LogP contribution in [0.5, 0.6) is 0 Å². The number of halogens is 1. The highest BCUT2D eigenvalue weighted by Crippen LogP contribution is 2.31. The smallest absolute Gasteiger partial charge is 0.242 e. The second-order valence-electron chi connectivity index (χ2n) is 7.05. The molecule has 0 aliphatic carbocycles. The van der Waals surface area contributed by atoms with Crippen LogP contribution in [-0.2, 0) is 11.3 Å². The van der Waals surface area contributed by atoms with E-state index >= 15 is 0 Å². The zero-order valence-corrected chi connectivity index (χ0v) is 15.9. The number of thiophene rings is 1. The predicted octanol–water partition coefficient (Wildman–Crippen LogP) is 3.75. The van der Waals surface area contributed by atoms with Gasteiger partial charge < -0.3 is 4.90 Å². The van der Waals surface area contributed by atoms with Gasteiger partial charge in [-0.05, 0) is 32.0 Å². The third-order valence-corrected chi connectivity index (χ3v) is 5.76. The van der Waals surface area contributed by atoms with Crippen molar-refractivity contribution in [1.82, 2.24) is 9.80 Å². The average molecular weight is 371 g/mol. The maximum Gasteiger partial charge on any atom is 0.242 e. The Morgan fingerprint density at radius 1 is 1.19 bits per heavy atom. The van der Waals surface area contributed by atoms with Crippen LogP contribution in [0.2, 0.25) is 0 Å². The molecule has 0 bridgehead atoms. The fraction of sp³-hybridized carbons (Fsp3) is 0.400. The van der Waals surface area contributed by atoms with Crippen molar-refractivity contribution in [2.75, 3.05) is 26.2 Å². The van der Waals surface area contributed by atoms with E-state index in [1.54, 1.807) is 42.2 Å². The van der Waals surface area contributed by atoms with E-state index in [2.05, 4.69) is 11.0 Å². The largest absolute Gasteiger partial charge is 0.339 e. The molecule has 1 saturated heterocycles. The van der Waals surface area contributed by atoms with Gasteiger partial charge in [-0.2, -0.15) is 5.26 Å². The number of hydrogen-bond acceptors (Lipinski definition) is 4. The van der Waals surface area contributed by atoms with Crippen molar-refractivity contribution in [3.63, 3.8) is 0 Å². The van der Waals surface area contributed by atoms with Crippen LogP contribution < -0.4 is 0 Å². The monoisotopic (exact) mass is 371 g/mol. The van der Waals surface area contributed by atoms with E-state index in [0.717, 1.165) is 24.5 Å². The van der Waals surface area contributed by atoms with Gasteiger partial charge in [0, 0.05) is 48.0 Å². The van der Waals surface area contributed by atoms with Gasteiger partial charge in [-0.25, -0.2) is 4.39 Å². The first-order chi connectivity index (χ1) is 12.4. The number of piperazine rings is 1. The Hall–Kier alpha value is -2.23. The summed E-state index contributed by atoms with van der Waals surface area (Å²) in [4.78, 5) is 18.5. The number of carbonyl (C=O) groups excluding carboxylic acids is 1. The van der Waals surface area contributed by atoms with Gasteiger partial charge in [0.2, 0.25) is 5.91 Å². The predicted molar refractivity (Wildman–Crippen MR) is 101 cm³/mol. The third kappa shape index (κ3) is 3.95. The highest BCUT2D eigenvalue weighted by Gasteiger charge is 2.33. The maximum atomic E-state index is 13.9. The normalized spacial score (nSPS) is 15.7. The number of nitriles is 1. The van der Waals surface area contributed by atoms with Crippen LogP contribution in [0.25, 0.3) is 10.4 Å². The van der Waals surface area contributed by atoms with Gasteiger partial charge >= 0.3 is 0 Å². The van der Waals surface area contributed by atoms with E-state index in [0.29, 0.717) is 18.7 Å². The van der Waals surface area contributed by atoms with Gasteiger partial charge in [-0.15, -0.1) is 11.3 Å². The van der Waals surface area contributed by atoms with Crippen LogP contribution in [0.3, 0.4) is 0 Å². The van der Waals surface area contributed by atoms with Gasteiger partial charge in [-0.3, -0.25) is 9.69 Å². The second-order valence-corrected chi connectivity index (χ2v) is 8.22. The Morgan fingerprint density at radius 3 is 2.54 bits per heavy atom. The number of hydrogen-bond donors (Lipinski definition) is 0. The summed E-state index contributed by atoms with van der Waals surface area (Å²) in [5.41, 5.74) is -0.331. The van der Waals surface area contributed by atoms with Crippen LogP contribution in [0.1, 0.15) is 18.7 Å². The van der Waals surface area contributed by atoms with Crippen LogP contribution in [0, 0.1) is 22.6 Å². The molecule has 1 aromatic heterocycles. The Bertz CT molecular complexity index is 832. The summed E-state index contributed by atoms with van der Waals surface area (Å²) in [7, 11) is 0. The Kier molecular flexibility index (Phi) is 5.40. The lowest BCUT2D eigenvalue weighted by atomic mass is 9.93. The molecule has 136 valence electrons. The minimum absolute atomic E-state index is 0.0994. The molecule has 0 atom stereocenters. The third-order valence-electron chi connectivity index (χ3n) is 4.65. The van der Waals surface area contributed by atoms with Crippen LogP contribution >= 0.6 is 11.3 Å². The fourth-order valence-corrected chi connectivity index (χ4v) is 4.12. The van der Waals surface area contributed by atoms with Gasteiger partial charge in [0.05, 0.1) is 6.07 Å². The Morgan fingerprint density at radius 2 is 1.88 bits per heavy atom. The van der Waals surface area contributed by atoms with E-state index in [-0.39, 0.29) is 11.7 Å². The minimum atomic E-state index is -0.968. The first-order valence-electron chi connectivity index (χ1n) is 8.67. The van der Waals surface area contributed by atoms with Gasteiger partial charge in [0.1, 0.15) is 11.2 Å². The summed E-state index contributed by atoms with van der Waals surface area (Å²) in [6.07, 6.45) is 0. The molecule has 0 saturated carbocycles. The summed E-state index contributed by atoms with van der Waals surface area (Å²) >= 11 is 1.60. The van der Waals surface area contributed by atoms with E-state index in [4.69, 9.17) is 5.26 Å². The molecule has 2 aromatic rings. The first-order valence-corrected chi connectivity index (χ1v) is 9.49. The van der Waals surface area contributed by atoms with E-state index in [9.17, 15) is 9.18 Å². The molecule has 6 heteroatoms. The lowest BCUT2D eigenvalue weighted by Crippen LogP contribution is -2.51. The average Bonchev–Trinajstić information content (AvgIpc) is 3.10. The van der Waals surface area contributed by atoms with Crippen molar-refractivity contribution in [3.05, 3.63) is 47.1 Å². The lowest BCUT2D eigenvalue weighted by molar-refractivity contribution is -0.139. The van der Waals surface area contributed by atoms with Crippen molar-refractivity contribution < 1.29 is 9.18 Å². The van der Waals surface area contributed by atoms with E-state index < -0.39 is 5.41 Å². The Balaban J connectivity index is 1.58. The molecule has 0 spiro atoms. The molecule has 26 heavy (non-hydrogen) atoms. The number of benzene rings is 1. The highest BCUT2D eigenvalue weighted by atomic mass is 32.1. The van der Waals surface area contributed by atoms with Crippen molar-refractivity contribution in [2.45, 2.75) is 20.4 Å². The fourth-order valence-electron chi connectivity index (χ4n) is 3.04. The summed E-state index contributed by atoms with van der Waals surface area (Å²) in [5, 5.41) is 9.12. The standard InChI is InChI=1S/C20H22FN3OS/c1-20(2,14-22)19(25)24-11-9-23(10-12-24)13-15-7-8-18(26-15)16-5-3-4-6-17(16)21/h3-8H,9-13H2,1-2H3. The summed E-state index contributed by atoms with van der Waals surface area (Å²) in [6.45, 7) is 6.95. The van der Waals surface area contributed by atoms with Gasteiger partial charge in [0.25, 0.3) is 0 Å². The van der Waals surface area contributed by atoms with Gasteiger partial charge in [0.15, 0.2) is 0 Å². The SMILES string of the molecule is CC(C)(C#N)C(=O)N1CCN(Cc2ccc(-c3ccccc3F)s2)CC1. The summed E-state index contributed by atoms with van der Waals surface area (Å²) in [5.74, 6) is -0.300. The topological polar surface area (TPSA) is 47.3 Å². The van der Waals surface area contributed by atoms with Crippen LogP contribution in [0.15, 0.2) is 36.4 Å². The molecular weight excluding hydrogens is 349 g/mol. The zero-order chi connectivity index (χ0) is 18.7. The quantitative estimate of drug-likeness (QED) is 0.822. The van der Waals surface area contributed by atoms with Crippen LogP contribution in [0.4, 0.5) is 4.39 Å². The molecule has 0 radical (unpaired) electrons. The second kappa shape index (κ2) is 7.56. The van der Waals surface area contributed by atoms with Crippen molar-refractivity contribution in [3.8, 4) is 16.5 Å². The molecule has 0 unspecified atom stereocenters. The molecule has 1 fully saturated rings. The number of rotatable bonds is 4. The highest BCUT2D eigenvalue weighted by molar-refractivity contribution is 7.15. The zero-order valence-electron chi connectivity index (χ0n) is 15.0.